The Labute approximate surface area is 61.5 Å². The number of carbonyl (C=O) groups excluding carboxylic acids is 1. The van der Waals surface area contributed by atoms with Crippen LogP contribution < -0.4 is 5.73 Å². The first-order valence-corrected chi connectivity index (χ1v) is 3.61. The highest BCUT2D eigenvalue weighted by molar-refractivity contribution is 5.87. The molecule has 3 heteroatoms. The van der Waals surface area contributed by atoms with Crippen molar-refractivity contribution in [3.8, 4) is 0 Å². The van der Waals surface area contributed by atoms with Crippen molar-refractivity contribution < 1.29 is 9.53 Å². The molecule has 60 valence electrons. The molecular weight excluding hydrogens is 130 g/mol. The second-order valence-electron chi connectivity index (χ2n) is 2.01. The number of ketones is 1. The molecule has 0 radical (unpaired) electrons. The van der Waals surface area contributed by atoms with Crippen molar-refractivity contribution >= 4 is 5.78 Å². The molecule has 2 N–H and O–H groups in total. The molecule has 1 fully saturated rings. The van der Waals surface area contributed by atoms with Crippen LogP contribution in [-0.4, -0.2) is 24.5 Å². The minimum atomic E-state index is -0.380. The Kier molecular flexibility index (Phi) is 4.23. The smallest absolute Gasteiger partial charge is 0.177 e. The molecule has 0 aromatic rings. The molecule has 0 aromatic carbocycles. The highest BCUT2D eigenvalue weighted by Gasteiger charge is 2.28. The van der Waals surface area contributed by atoms with Gasteiger partial charge in [0.25, 0.3) is 0 Å². The first-order valence-electron chi connectivity index (χ1n) is 3.61. The number of rotatable bonds is 0. The summed E-state index contributed by atoms with van der Waals surface area (Å²) in [6.45, 7) is 6.00. The Morgan fingerprint density at radius 1 is 1.60 bits per heavy atom. The normalized spacial score (nSPS) is 31.4. The Balaban J connectivity index is 0.000000371. The number of carbonyl (C=O) groups is 1. The highest BCUT2D eigenvalue weighted by atomic mass is 16.5. The van der Waals surface area contributed by atoms with Gasteiger partial charge in [-0.05, 0) is 6.92 Å². The van der Waals surface area contributed by atoms with E-state index in [1.165, 1.54) is 0 Å². The molecule has 10 heavy (non-hydrogen) atoms. The second kappa shape index (κ2) is 4.41. The lowest BCUT2D eigenvalue weighted by Gasteiger charge is -2.03. The van der Waals surface area contributed by atoms with E-state index in [0.717, 1.165) is 0 Å². The third-order valence-corrected chi connectivity index (χ3v) is 1.37. The maximum Gasteiger partial charge on any atom is 0.177 e. The molecule has 0 aromatic heterocycles. The molecule has 1 aliphatic rings. The third-order valence-electron chi connectivity index (χ3n) is 1.37. The number of Topliss-reactive ketones (excluding diaryl/α,β-unsaturated/α-hetero) is 1. The van der Waals surface area contributed by atoms with E-state index in [0.29, 0.717) is 0 Å². The summed E-state index contributed by atoms with van der Waals surface area (Å²) in [6, 6.07) is -0.380. The second-order valence-corrected chi connectivity index (χ2v) is 2.01. The van der Waals surface area contributed by atoms with Gasteiger partial charge >= 0.3 is 0 Å². The van der Waals surface area contributed by atoms with Gasteiger partial charge in [-0.1, -0.05) is 13.8 Å². The monoisotopic (exact) mass is 145 g/mol. The van der Waals surface area contributed by atoms with Crippen LogP contribution in [0, 0.1) is 0 Å². The molecule has 0 saturated carbocycles. The summed E-state index contributed by atoms with van der Waals surface area (Å²) in [5.74, 6) is 0.0116. The van der Waals surface area contributed by atoms with Gasteiger partial charge in [0.2, 0.25) is 0 Å². The summed E-state index contributed by atoms with van der Waals surface area (Å²) in [6.07, 6.45) is -0.0810. The van der Waals surface area contributed by atoms with Crippen LogP contribution in [0.25, 0.3) is 0 Å². The van der Waals surface area contributed by atoms with E-state index in [4.69, 9.17) is 10.5 Å². The van der Waals surface area contributed by atoms with Gasteiger partial charge in [-0.25, -0.2) is 0 Å². The summed E-state index contributed by atoms with van der Waals surface area (Å²) in [5.41, 5.74) is 5.35. The van der Waals surface area contributed by atoms with Crippen LogP contribution in [0.15, 0.2) is 0 Å². The number of hydrogen-bond donors (Lipinski definition) is 1. The van der Waals surface area contributed by atoms with E-state index < -0.39 is 0 Å². The molecule has 1 aliphatic heterocycles. The number of nitrogens with two attached hydrogens (primary N) is 1. The summed E-state index contributed by atoms with van der Waals surface area (Å²) < 4.78 is 4.90. The van der Waals surface area contributed by atoms with Crippen molar-refractivity contribution in [2.75, 3.05) is 6.61 Å². The number of ether oxygens (including phenoxy) is 1. The predicted molar refractivity (Wildman–Crippen MR) is 39.7 cm³/mol. The fraction of sp³-hybridized carbons (Fsp3) is 0.857. The van der Waals surface area contributed by atoms with Crippen molar-refractivity contribution in [2.45, 2.75) is 32.9 Å². The Morgan fingerprint density at radius 2 is 2.10 bits per heavy atom. The van der Waals surface area contributed by atoms with Crippen molar-refractivity contribution in [1.29, 1.82) is 0 Å². The lowest BCUT2D eigenvalue weighted by atomic mass is 10.2. The molecular formula is C7H15NO2. The average Bonchev–Trinajstić information content (AvgIpc) is 2.25. The zero-order chi connectivity index (χ0) is 8.15. The molecule has 1 saturated heterocycles. The van der Waals surface area contributed by atoms with Gasteiger partial charge < -0.3 is 10.5 Å². The largest absolute Gasteiger partial charge is 0.369 e. The summed E-state index contributed by atoms with van der Waals surface area (Å²) >= 11 is 0. The molecule has 1 heterocycles. The van der Waals surface area contributed by atoms with Gasteiger partial charge in [0, 0.05) is 0 Å². The third kappa shape index (κ3) is 2.08. The van der Waals surface area contributed by atoms with Crippen LogP contribution >= 0.6 is 0 Å². The first kappa shape index (κ1) is 9.59. The van der Waals surface area contributed by atoms with Gasteiger partial charge in [0.05, 0.1) is 12.1 Å². The van der Waals surface area contributed by atoms with Gasteiger partial charge in [-0.2, -0.15) is 0 Å². The molecule has 2 unspecified atom stereocenters. The van der Waals surface area contributed by atoms with Crippen LogP contribution in [0.1, 0.15) is 20.8 Å². The van der Waals surface area contributed by atoms with E-state index in [1.54, 1.807) is 6.92 Å². The average molecular weight is 145 g/mol. The zero-order valence-corrected chi connectivity index (χ0v) is 6.76. The van der Waals surface area contributed by atoms with Crippen molar-refractivity contribution in [1.82, 2.24) is 0 Å². The van der Waals surface area contributed by atoms with Gasteiger partial charge in [0.15, 0.2) is 5.78 Å². The van der Waals surface area contributed by atoms with E-state index in [-0.39, 0.29) is 24.5 Å². The summed E-state index contributed by atoms with van der Waals surface area (Å²) in [7, 11) is 0. The fourth-order valence-corrected chi connectivity index (χ4v) is 0.675. The standard InChI is InChI=1S/C5H9NO2.C2H6/c1-3-5(6)4(7)2-8-3;1-2/h3,5H,2,6H2,1H3;1-2H3. The highest BCUT2D eigenvalue weighted by Crippen LogP contribution is 2.05. The van der Waals surface area contributed by atoms with Crippen molar-refractivity contribution in [3.05, 3.63) is 0 Å². The molecule has 2 atom stereocenters. The lowest BCUT2D eigenvalue weighted by Crippen LogP contribution is -2.33. The van der Waals surface area contributed by atoms with Crippen LogP contribution in [0.3, 0.4) is 0 Å². The van der Waals surface area contributed by atoms with E-state index in [2.05, 4.69) is 0 Å². The predicted octanol–water partition coefficient (Wildman–Crippen LogP) is 0.328. The Hall–Kier alpha value is -0.410. The number of hydrogen-bond acceptors (Lipinski definition) is 3. The quantitative estimate of drug-likeness (QED) is 0.534. The summed E-state index contributed by atoms with van der Waals surface area (Å²) in [4.78, 5) is 10.5. The fourth-order valence-electron chi connectivity index (χ4n) is 0.675. The topological polar surface area (TPSA) is 52.3 Å². The van der Waals surface area contributed by atoms with Crippen LogP contribution in [0.2, 0.25) is 0 Å². The molecule has 0 bridgehead atoms. The van der Waals surface area contributed by atoms with Crippen LogP contribution in [-0.2, 0) is 9.53 Å². The van der Waals surface area contributed by atoms with Gasteiger partial charge in [-0.15, -0.1) is 0 Å². The van der Waals surface area contributed by atoms with E-state index in [9.17, 15) is 4.79 Å². The van der Waals surface area contributed by atoms with Crippen molar-refractivity contribution in [2.24, 2.45) is 5.73 Å². The molecule has 1 rings (SSSR count). The zero-order valence-electron chi connectivity index (χ0n) is 6.76. The lowest BCUT2D eigenvalue weighted by molar-refractivity contribution is -0.118. The Morgan fingerprint density at radius 3 is 2.20 bits per heavy atom. The molecule has 0 spiro atoms. The SMILES string of the molecule is CC.CC1OCC(=O)C1N. The van der Waals surface area contributed by atoms with E-state index in [1.807, 2.05) is 13.8 Å². The van der Waals surface area contributed by atoms with Crippen LogP contribution in [0.5, 0.6) is 0 Å². The van der Waals surface area contributed by atoms with Gasteiger partial charge in [-0.3, -0.25) is 4.79 Å². The first-order chi connectivity index (χ1) is 4.72. The minimum Gasteiger partial charge on any atom is -0.369 e. The molecule has 3 nitrogen and oxygen atoms in total. The molecule has 0 amide bonds. The maximum atomic E-state index is 10.5. The van der Waals surface area contributed by atoms with Crippen molar-refractivity contribution in [3.63, 3.8) is 0 Å². The Bertz CT molecular complexity index is 114. The maximum absolute atomic E-state index is 10.5. The summed E-state index contributed by atoms with van der Waals surface area (Å²) in [5, 5.41) is 0. The molecule has 0 aliphatic carbocycles. The minimum absolute atomic E-state index is 0.0116. The van der Waals surface area contributed by atoms with E-state index >= 15 is 0 Å². The van der Waals surface area contributed by atoms with Crippen LogP contribution in [0.4, 0.5) is 0 Å². The van der Waals surface area contributed by atoms with Gasteiger partial charge in [0.1, 0.15) is 6.61 Å².